The van der Waals surface area contributed by atoms with E-state index in [4.69, 9.17) is 4.84 Å². The molecule has 0 radical (unpaired) electrons. The molecule has 1 amide bonds. The standard InChI is InChI=1S/C14H17N5O2/c1-10-9-11(21-18-10)14(20)15-7-4-6-13-17-16-12-5-2-3-8-19(12)13/h2-3,5,8,11H,4,6-7,9H2,1H3,(H,15,20)/t11-/m1/s1. The minimum Gasteiger partial charge on any atom is -0.382 e. The van der Waals surface area contributed by atoms with Crippen molar-refractivity contribution in [3.8, 4) is 0 Å². The Balaban J connectivity index is 1.45. The third kappa shape index (κ3) is 3.01. The minimum absolute atomic E-state index is 0.110. The Bertz CT molecular complexity index is 679. The quantitative estimate of drug-likeness (QED) is 0.830. The highest BCUT2D eigenvalue weighted by molar-refractivity contribution is 5.91. The summed E-state index contributed by atoms with van der Waals surface area (Å²) in [7, 11) is 0. The number of amides is 1. The van der Waals surface area contributed by atoms with Crippen molar-refractivity contribution >= 4 is 17.3 Å². The summed E-state index contributed by atoms with van der Waals surface area (Å²) in [6, 6.07) is 5.79. The summed E-state index contributed by atoms with van der Waals surface area (Å²) in [5, 5.41) is 14.9. The first-order valence-corrected chi connectivity index (χ1v) is 6.99. The summed E-state index contributed by atoms with van der Waals surface area (Å²) in [4.78, 5) is 16.9. The molecule has 0 saturated carbocycles. The average molecular weight is 287 g/mol. The van der Waals surface area contributed by atoms with E-state index in [1.807, 2.05) is 35.7 Å². The Kier molecular flexibility index (Phi) is 3.81. The van der Waals surface area contributed by atoms with E-state index in [2.05, 4.69) is 20.7 Å². The van der Waals surface area contributed by atoms with Crippen molar-refractivity contribution in [3.05, 3.63) is 30.2 Å². The molecule has 3 heterocycles. The lowest BCUT2D eigenvalue weighted by molar-refractivity contribution is -0.131. The minimum atomic E-state index is -0.473. The number of aryl methyl sites for hydroxylation is 1. The highest BCUT2D eigenvalue weighted by Gasteiger charge is 2.25. The van der Waals surface area contributed by atoms with Gasteiger partial charge in [0.1, 0.15) is 5.82 Å². The number of hydrogen-bond donors (Lipinski definition) is 1. The van der Waals surface area contributed by atoms with E-state index < -0.39 is 6.10 Å². The van der Waals surface area contributed by atoms with Crippen LogP contribution in [0.4, 0.5) is 0 Å². The number of hydrogen-bond acceptors (Lipinski definition) is 5. The number of rotatable bonds is 5. The van der Waals surface area contributed by atoms with Crippen molar-refractivity contribution in [2.24, 2.45) is 5.16 Å². The molecule has 7 heteroatoms. The number of nitrogens with zero attached hydrogens (tertiary/aromatic N) is 4. The molecule has 110 valence electrons. The third-order valence-corrected chi connectivity index (χ3v) is 3.37. The monoisotopic (exact) mass is 287 g/mol. The van der Waals surface area contributed by atoms with Crippen LogP contribution in [0.25, 0.3) is 5.65 Å². The second-order valence-corrected chi connectivity index (χ2v) is 5.06. The van der Waals surface area contributed by atoms with Crippen LogP contribution in [0.1, 0.15) is 25.6 Å². The number of pyridine rings is 1. The largest absolute Gasteiger partial charge is 0.382 e. The van der Waals surface area contributed by atoms with Gasteiger partial charge in [-0.25, -0.2) is 0 Å². The zero-order valence-electron chi connectivity index (χ0n) is 11.8. The van der Waals surface area contributed by atoms with E-state index in [0.29, 0.717) is 13.0 Å². The van der Waals surface area contributed by atoms with E-state index in [0.717, 1.165) is 30.0 Å². The van der Waals surface area contributed by atoms with Crippen molar-refractivity contribution in [1.29, 1.82) is 0 Å². The second kappa shape index (κ2) is 5.90. The predicted octanol–water partition coefficient (Wildman–Crippen LogP) is 0.943. The van der Waals surface area contributed by atoms with E-state index in [9.17, 15) is 4.79 Å². The smallest absolute Gasteiger partial charge is 0.264 e. The van der Waals surface area contributed by atoms with Gasteiger partial charge in [-0.05, 0) is 25.5 Å². The van der Waals surface area contributed by atoms with Gasteiger partial charge in [-0.2, -0.15) is 0 Å². The van der Waals surface area contributed by atoms with E-state index in [1.54, 1.807) is 0 Å². The Labute approximate surface area is 122 Å². The van der Waals surface area contributed by atoms with Gasteiger partial charge in [0, 0.05) is 25.6 Å². The van der Waals surface area contributed by atoms with Crippen LogP contribution < -0.4 is 5.32 Å². The number of nitrogens with one attached hydrogen (secondary N) is 1. The molecular weight excluding hydrogens is 270 g/mol. The first kappa shape index (κ1) is 13.5. The van der Waals surface area contributed by atoms with Gasteiger partial charge in [0.05, 0.1) is 5.71 Å². The van der Waals surface area contributed by atoms with Crippen molar-refractivity contribution in [1.82, 2.24) is 19.9 Å². The van der Waals surface area contributed by atoms with Crippen molar-refractivity contribution < 1.29 is 9.63 Å². The first-order chi connectivity index (χ1) is 10.2. The zero-order valence-corrected chi connectivity index (χ0v) is 11.8. The first-order valence-electron chi connectivity index (χ1n) is 6.99. The molecule has 0 spiro atoms. The average Bonchev–Trinajstić information content (AvgIpc) is 3.10. The molecule has 1 N–H and O–H groups in total. The Morgan fingerprint density at radius 2 is 2.38 bits per heavy atom. The SMILES string of the molecule is CC1=NO[C@@H](C(=O)NCCCc2nnc3ccccn23)C1. The van der Waals surface area contributed by atoms with Gasteiger partial charge in [-0.3, -0.25) is 9.20 Å². The van der Waals surface area contributed by atoms with Crippen LogP contribution in [0, 0.1) is 0 Å². The molecule has 1 aliphatic heterocycles. The Hall–Kier alpha value is -2.44. The van der Waals surface area contributed by atoms with E-state index in [1.165, 1.54) is 0 Å². The number of carbonyl (C=O) groups is 1. The van der Waals surface area contributed by atoms with Crippen molar-refractivity contribution in [2.75, 3.05) is 6.54 Å². The molecule has 0 fully saturated rings. The molecule has 1 atom stereocenters. The molecule has 2 aromatic heterocycles. The van der Waals surface area contributed by atoms with Crippen LogP contribution in [0.2, 0.25) is 0 Å². The van der Waals surface area contributed by atoms with Crippen LogP contribution in [0.15, 0.2) is 29.6 Å². The molecule has 1 aliphatic rings. The van der Waals surface area contributed by atoms with Crippen LogP contribution in [-0.2, 0) is 16.1 Å². The topological polar surface area (TPSA) is 80.9 Å². The van der Waals surface area contributed by atoms with Crippen LogP contribution >= 0.6 is 0 Å². The fourth-order valence-corrected chi connectivity index (χ4v) is 2.27. The summed E-state index contributed by atoms with van der Waals surface area (Å²) in [5.74, 6) is 0.790. The molecule has 0 aliphatic carbocycles. The normalized spacial score (nSPS) is 17.6. The van der Waals surface area contributed by atoms with Crippen molar-refractivity contribution in [2.45, 2.75) is 32.3 Å². The maximum Gasteiger partial charge on any atom is 0.264 e. The number of fused-ring (bicyclic) bond motifs is 1. The van der Waals surface area contributed by atoms with Gasteiger partial charge < -0.3 is 10.2 Å². The lowest BCUT2D eigenvalue weighted by Gasteiger charge is -2.08. The number of oxime groups is 1. The lowest BCUT2D eigenvalue weighted by Crippen LogP contribution is -2.35. The molecule has 3 rings (SSSR count). The fraction of sp³-hybridized carbons (Fsp3) is 0.429. The molecule has 21 heavy (non-hydrogen) atoms. The second-order valence-electron chi connectivity index (χ2n) is 5.06. The van der Waals surface area contributed by atoms with Gasteiger partial charge in [0.2, 0.25) is 6.10 Å². The summed E-state index contributed by atoms with van der Waals surface area (Å²) in [6.45, 7) is 2.43. The van der Waals surface area contributed by atoms with E-state index in [-0.39, 0.29) is 5.91 Å². The van der Waals surface area contributed by atoms with Gasteiger partial charge in [-0.15, -0.1) is 10.2 Å². The maximum absolute atomic E-state index is 11.8. The van der Waals surface area contributed by atoms with Gasteiger partial charge in [0.25, 0.3) is 5.91 Å². The molecule has 0 bridgehead atoms. The van der Waals surface area contributed by atoms with Gasteiger partial charge >= 0.3 is 0 Å². The fourth-order valence-electron chi connectivity index (χ4n) is 2.27. The molecule has 7 nitrogen and oxygen atoms in total. The third-order valence-electron chi connectivity index (χ3n) is 3.37. The van der Waals surface area contributed by atoms with Gasteiger partial charge in [-0.1, -0.05) is 11.2 Å². The van der Waals surface area contributed by atoms with E-state index >= 15 is 0 Å². The highest BCUT2D eigenvalue weighted by Crippen LogP contribution is 2.10. The summed E-state index contributed by atoms with van der Waals surface area (Å²) in [6.07, 6.45) is 3.59. The van der Waals surface area contributed by atoms with Crippen molar-refractivity contribution in [3.63, 3.8) is 0 Å². The lowest BCUT2D eigenvalue weighted by atomic mass is 10.2. The van der Waals surface area contributed by atoms with Crippen LogP contribution in [0.5, 0.6) is 0 Å². The van der Waals surface area contributed by atoms with Crippen LogP contribution in [0.3, 0.4) is 0 Å². The Morgan fingerprint density at radius 3 is 3.19 bits per heavy atom. The maximum atomic E-state index is 11.8. The van der Waals surface area contributed by atoms with Gasteiger partial charge in [0.15, 0.2) is 5.65 Å². The zero-order chi connectivity index (χ0) is 14.7. The molecule has 0 saturated heterocycles. The summed E-state index contributed by atoms with van der Waals surface area (Å²) < 4.78 is 1.96. The summed E-state index contributed by atoms with van der Waals surface area (Å²) in [5.41, 5.74) is 1.69. The predicted molar refractivity (Wildman–Crippen MR) is 76.9 cm³/mol. The molecule has 0 unspecified atom stereocenters. The molecular formula is C14H17N5O2. The molecule has 0 aromatic carbocycles. The summed E-state index contributed by atoms with van der Waals surface area (Å²) >= 11 is 0. The highest BCUT2D eigenvalue weighted by atomic mass is 16.6. The van der Waals surface area contributed by atoms with Crippen LogP contribution in [-0.4, -0.2) is 38.9 Å². The number of aromatic nitrogens is 3. The Morgan fingerprint density at radius 1 is 1.48 bits per heavy atom. The molecule has 2 aromatic rings. The number of carbonyl (C=O) groups excluding carboxylic acids is 1.